The van der Waals surface area contributed by atoms with Crippen molar-refractivity contribution < 1.29 is 0 Å². The van der Waals surface area contributed by atoms with Gasteiger partial charge in [0.15, 0.2) is 0 Å². The molecule has 0 fully saturated rings. The van der Waals surface area contributed by atoms with Gasteiger partial charge in [-0.25, -0.2) is 0 Å². The zero-order valence-corrected chi connectivity index (χ0v) is 15.2. The van der Waals surface area contributed by atoms with Gasteiger partial charge < -0.3 is 0 Å². The number of benzene rings is 4. The smallest absolute Gasteiger partial charge is 0.0620 e. The minimum Gasteiger partial charge on any atom is -0.0620 e. The number of rotatable bonds is 0. The van der Waals surface area contributed by atoms with E-state index in [1.807, 2.05) is 0 Å². The fraction of sp³-hybridized carbons (Fsp3) is 0.111. The highest BCUT2D eigenvalue weighted by atomic mass is 14.5. The van der Waals surface area contributed by atoms with Crippen LogP contribution in [0.15, 0.2) is 97.1 Å². The Balaban J connectivity index is 1.87. The molecule has 0 amide bonds. The summed E-state index contributed by atoms with van der Waals surface area (Å²) >= 11 is 0. The van der Waals surface area contributed by atoms with Crippen molar-refractivity contribution in [3.05, 3.63) is 130 Å². The van der Waals surface area contributed by atoms with Crippen LogP contribution in [0.3, 0.4) is 0 Å². The van der Waals surface area contributed by atoms with E-state index in [2.05, 4.69) is 97.1 Å². The molecule has 0 saturated carbocycles. The molecule has 0 unspecified atom stereocenters. The maximum atomic E-state index is 2.36. The Morgan fingerprint density at radius 1 is 0.407 bits per heavy atom. The molecule has 0 aliphatic heterocycles. The highest BCUT2D eigenvalue weighted by Crippen LogP contribution is 2.58. The Morgan fingerprint density at radius 3 is 1.26 bits per heavy atom. The predicted octanol–water partition coefficient (Wildman–Crippen LogP) is 6.15. The van der Waals surface area contributed by atoms with Crippen LogP contribution in [0.5, 0.6) is 0 Å². The van der Waals surface area contributed by atoms with Crippen molar-refractivity contribution in [2.24, 2.45) is 0 Å². The summed E-state index contributed by atoms with van der Waals surface area (Å²) in [6.45, 7) is 0. The molecule has 1 spiro atoms. The van der Waals surface area contributed by atoms with E-state index >= 15 is 0 Å². The average molecular weight is 344 g/mol. The summed E-state index contributed by atoms with van der Waals surface area (Å²) in [4.78, 5) is 0. The van der Waals surface area contributed by atoms with Crippen LogP contribution in [0.1, 0.15) is 33.4 Å². The van der Waals surface area contributed by atoms with Crippen molar-refractivity contribution in [1.29, 1.82) is 0 Å². The second kappa shape index (κ2) is 5.44. The van der Waals surface area contributed by atoms with E-state index < -0.39 is 0 Å². The summed E-state index contributed by atoms with van der Waals surface area (Å²) in [5.41, 5.74) is 11.2. The van der Waals surface area contributed by atoms with Gasteiger partial charge in [0, 0.05) is 0 Å². The van der Waals surface area contributed by atoms with Gasteiger partial charge in [0.2, 0.25) is 0 Å². The van der Waals surface area contributed by atoms with Crippen LogP contribution in [0.4, 0.5) is 0 Å². The van der Waals surface area contributed by atoms with Crippen molar-refractivity contribution in [3.63, 3.8) is 0 Å². The third kappa shape index (κ3) is 1.83. The Labute approximate surface area is 160 Å². The van der Waals surface area contributed by atoms with Gasteiger partial charge in [-0.2, -0.15) is 0 Å². The Bertz CT molecular complexity index is 1090. The predicted molar refractivity (Wildman–Crippen MR) is 111 cm³/mol. The number of hydrogen-bond donors (Lipinski definition) is 0. The first-order valence-corrected chi connectivity index (χ1v) is 9.77. The molecular formula is C27H20. The molecule has 27 heavy (non-hydrogen) atoms. The molecule has 0 bridgehead atoms. The van der Waals surface area contributed by atoms with Crippen molar-refractivity contribution in [2.45, 2.75) is 18.3 Å². The maximum Gasteiger partial charge on any atom is 0.0718 e. The molecule has 4 aromatic rings. The summed E-state index contributed by atoms with van der Waals surface area (Å²) in [5, 5.41) is 0. The van der Waals surface area contributed by atoms with E-state index in [0.717, 1.165) is 12.8 Å². The fourth-order valence-corrected chi connectivity index (χ4v) is 5.44. The Kier molecular flexibility index (Phi) is 3.02. The molecule has 0 aromatic heterocycles. The van der Waals surface area contributed by atoms with Crippen LogP contribution in [-0.2, 0) is 18.3 Å². The van der Waals surface area contributed by atoms with Gasteiger partial charge in [0.05, 0.1) is 5.41 Å². The lowest BCUT2D eigenvalue weighted by Crippen LogP contribution is -2.29. The molecule has 4 aromatic carbocycles. The van der Waals surface area contributed by atoms with Gasteiger partial charge in [-0.15, -0.1) is 0 Å². The zero-order chi connectivity index (χ0) is 17.8. The molecule has 0 heterocycles. The fourth-order valence-electron chi connectivity index (χ4n) is 5.44. The highest BCUT2D eigenvalue weighted by molar-refractivity contribution is 5.87. The van der Waals surface area contributed by atoms with Crippen LogP contribution in [-0.4, -0.2) is 0 Å². The van der Waals surface area contributed by atoms with E-state index in [-0.39, 0.29) is 5.41 Å². The van der Waals surface area contributed by atoms with E-state index in [4.69, 9.17) is 0 Å². The first kappa shape index (κ1) is 15.0. The minimum absolute atomic E-state index is 0.211. The SMILES string of the molecule is c1ccc2c(c1)CCc1ccccc1C21c2ccccc2-c2ccccc21. The van der Waals surface area contributed by atoms with Gasteiger partial charge in [0.1, 0.15) is 0 Å². The van der Waals surface area contributed by atoms with Crippen molar-refractivity contribution >= 4 is 0 Å². The molecule has 0 radical (unpaired) electrons. The molecule has 2 aliphatic rings. The minimum atomic E-state index is -0.211. The monoisotopic (exact) mass is 344 g/mol. The van der Waals surface area contributed by atoms with E-state index in [9.17, 15) is 0 Å². The average Bonchev–Trinajstić information content (AvgIpc) is 2.94. The molecule has 128 valence electrons. The lowest BCUT2D eigenvalue weighted by atomic mass is 9.66. The Morgan fingerprint density at radius 2 is 0.778 bits per heavy atom. The number of fused-ring (bicyclic) bond motifs is 9. The molecule has 0 N–H and O–H groups in total. The largest absolute Gasteiger partial charge is 0.0718 e. The van der Waals surface area contributed by atoms with Crippen LogP contribution in [0.2, 0.25) is 0 Å². The molecule has 2 aliphatic carbocycles. The number of hydrogen-bond acceptors (Lipinski definition) is 0. The summed E-state index contributed by atoms with van der Waals surface area (Å²) < 4.78 is 0. The quantitative estimate of drug-likeness (QED) is 0.316. The Hall–Kier alpha value is -3.12. The lowest BCUT2D eigenvalue weighted by molar-refractivity contribution is 0.762. The van der Waals surface area contributed by atoms with Gasteiger partial charge >= 0.3 is 0 Å². The zero-order valence-electron chi connectivity index (χ0n) is 15.2. The molecule has 0 nitrogen and oxygen atoms in total. The first-order valence-electron chi connectivity index (χ1n) is 9.77. The van der Waals surface area contributed by atoms with Crippen LogP contribution >= 0.6 is 0 Å². The van der Waals surface area contributed by atoms with Crippen molar-refractivity contribution in [2.75, 3.05) is 0 Å². The summed E-state index contributed by atoms with van der Waals surface area (Å²) in [5.74, 6) is 0. The van der Waals surface area contributed by atoms with Crippen LogP contribution < -0.4 is 0 Å². The van der Waals surface area contributed by atoms with Gasteiger partial charge in [-0.3, -0.25) is 0 Å². The van der Waals surface area contributed by atoms with Gasteiger partial charge in [-0.1, -0.05) is 97.1 Å². The summed E-state index contributed by atoms with van der Waals surface area (Å²) in [6, 6.07) is 36.2. The topological polar surface area (TPSA) is 0 Å². The second-order valence-electron chi connectivity index (χ2n) is 7.66. The van der Waals surface area contributed by atoms with E-state index in [1.54, 1.807) is 0 Å². The first-order chi connectivity index (χ1) is 13.4. The van der Waals surface area contributed by atoms with Crippen molar-refractivity contribution in [3.8, 4) is 11.1 Å². The van der Waals surface area contributed by atoms with Gasteiger partial charge in [0.25, 0.3) is 0 Å². The number of aryl methyl sites for hydroxylation is 2. The van der Waals surface area contributed by atoms with Gasteiger partial charge in [-0.05, 0) is 57.3 Å². The highest BCUT2D eigenvalue weighted by Gasteiger charge is 2.48. The molecule has 0 atom stereocenters. The van der Waals surface area contributed by atoms with Crippen LogP contribution in [0, 0.1) is 0 Å². The lowest BCUT2D eigenvalue weighted by Gasteiger charge is -2.35. The molecular weight excluding hydrogens is 324 g/mol. The molecule has 0 saturated heterocycles. The summed E-state index contributed by atoms with van der Waals surface area (Å²) in [7, 11) is 0. The molecule has 6 rings (SSSR count). The second-order valence-corrected chi connectivity index (χ2v) is 7.66. The molecule has 0 heteroatoms. The van der Waals surface area contributed by atoms with Crippen molar-refractivity contribution in [1.82, 2.24) is 0 Å². The standard InChI is InChI=1S/C27H20/c1-5-13-23-19(9-1)17-18-20-10-2-6-14-24(20)27(23)25-15-7-3-11-21(25)22-12-4-8-16-26(22)27/h1-16H,17-18H2. The van der Waals surface area contributed by atoms with E-state index in [0.29, 0.717) is 0 Å². The normalized spacial score (nSPS) is 15.4. The maximum absolute atomic E-state index is 2.36. The van der Waals surface area contributed by atoms with E-state index in [1.165, 1.54) is 44.5 Å². The van der Waals surface area contributed by atoms with Crippen LogP contribution in [0.25, 0.3) is 11.1 Å². The third-order valence-corrected chi connectivity index (χ3v) is 6.46. The third-order valence-electron chi connectivity index (χ3n) is 6.46. The summed E-state index contributed by atoms with van der Waals surface area (Å²) in [6.07, 6.45) is 2.19.